The summed E-state index contributed by atoms with van der Waals surface area (Å²) < 4.78 is 0. The summed E-state index contributed by atoms with van der Waals surface area (Å²) in [6, 6.07) is 14.8. The molecule has 0 radical (unpaired) electrons. The largest absolute Gasteiger partial charge is 0.309 e. The van der Waals surface area contributed by atoms with Gasteiger partial charge in [0.2, 0.25) is 0 Å². The molecule has 0 bridgehead atoms. The van der Waals surface area contributed by atoms with Crippen LogP contribution >= 0.6 is 11.6 Å². The Kier molecular flexibility index (Phi) is 3.97. The zero-order valence-electron chi connectivity index (χ0n) is 8.99. The van der Waals surface area contributed by atoms with E-state index in [0.717, 1.165) is 13.1 Å². The summed E-state index contributed by atoms with van der Waals surface area (Å²) in [6.07, 6.45) is 1.90. The van der Waals surface area contributed by atoms with Crippen LogP contribution in [0.15, 0.2) is 54.1 Å². The lowest BCUT2D eigenvalue weighted by molar-refractivity contribution is 0.764. The van der Waals surface area contributed by atoms with Crippen molar-refractivity contribution in [2.45, 2.75) is 6.54 Å². The first kappa shape index (κ1) is 11.2. The van der Waals surface area contributed by atoms with Crippen molar-refractivity contribution in [3.05, 3.63) is 59.6 Å². The molecule has 0 aliphatic carbocycles. The molecule has 16 heavy (non-hydrogen) atoms. The van der Waals surface area contributed by atoms with Gasteiger partial charge in [-0.3, -0.25) is 0 Å². The third kappa shape index (κ3) is 2.63. The molecule has 0 atom stereocenters. The maximum Gasteiger partial charge on any atom is 0.0214 e. The van der Waals surface area contributed by atoms with Gasteiger partial charge in [-0.2, -0.15) is 0 Å². The fourth-order valence-corrected chi connectivity index (χ4v) is 1.87. The topological polar surface area (TPSA) is 12.0 Å². The molecular formula is C14H14ClN. The Morgan fingerprint density at radius 1 is 1.06 bits per heavy atom. The van der Waals surface area contributed by atoms with Gasteiger partial charge in [0.05, 0.1) is 0 Å². The Balaban J connectivity index is 2.17. The first-order chi connectivity index (χ1) is 7.92. The van der Waals surface area contributed by atoms with E-state index in [1.54, 1.807) is 0 Å². The van der Waals surface area contributed by atoms with Crippen LogP contribution in [-0.4, -0.2) is 6.54 Å². The van der Waals surface area contributed by atoms with Crippen LogP contribution in [0.1, 0.15) is 5.56 Å². The summed E-state index contributed by atoms with van der Waals surface area (Å²) in [6.45, 7) is 1.66. The van der Waals surface area contributed by atoms with Gasteiger partial charge in [0.15, 0.2) is 0 Å². The van der Waals surface area contributed by atoms with E-state index in [1.165, 1.54) is 21.9 Å². The molecule has 0 fully saturated rings. The summed E-state index contributed by atoms with van der Waals surface area (Å²) in [5.74, 6) is 0. The highest BCUT2D eigenvalue weighted by molar-refractivity contribution is 6.25. The SMILES string of the molecule is ClC=CCNCc1cccc2ccccc12. The molecule has 2 heteroatoms. The Morgan fingerprint density at radius 2 is 1.88 bits per heavy atom. The predicted molar refractivity (Wildman–Crippen MR) is 70.6 cm³/mol. The number of hydrogen-bond donors (Lipinski definition) is 1. The van der Waals surface area contributed by atoms with Crippen LogP contribution in [0.25, 0.3) is 10.8 Å². The number of rotatable bonds is 4. The van der Waals surface area contributed by atoms with Crippen molar-refractivity contribution in [3.8, 4) is 0 Å². The van der Waals surface area contributed by atoms with Crippen molar-refractivity contribution >= 4 is 22.4 Å². The second kappa shape index (κ2) is 5.69. The average Bonchev–Trinajstić information content (AvgIpc) is 2.35. The van der Waals surface area contributed by atoms with Gasteiger partial charge in [-0.05, 0) is 16.3 Å². The number of fused-ring (bicyclic) bond motifs is 1. The van der Waals surface area contributed by atoms with Crippen LogP contribution < -0.4 is 5.32 Å². The molecule has 0 amide bonds. The number of halogens is 1. The first-order valence-corrected chi connectivity index (χ1v) is 5.78. The van der Waals surface area contributed by atoms with Crippen molar-refractivity contribution in [2.75, 3.05) is 6.54 Å². The Bertz CT molecular complexity index is 486. The van der Waals surface area contributed by atoms with Crippen LogP contribution in [0.5, 0.6) is 0 Å². The molecule has 0 aliphatic rings. The number of nitrogens with one attached hydrogen (secondary N) is 1. The van der Waals surface area contributed by atoms with Gasteiger partial charge < -0.3 is 5.32 Å². The van der Waals surface area contributed by atoms with E-state index in [1.807, 2.05) is 6.08 Å². The van der Waals surface area contributed by atoms with E-state index >= 15 is 0 Å². The summed E-state index contributed by atoms with van der Waals surface area (Å²) in [7, 11) is 0. The van der Waals surface area contributed by atoms with Gasteiger partial charge in [-0.25, -0.2) is 0 Å². The van der Waals surface area contributed by atoms with Crippen molar-refractivity contribution in [1.29, 1.82) is 0 Å². The third-order valence-corrected chi connectivity index (χ3v) is 2.72. The standard InChI is InChI=1S/C14H14ClN/c15-9-4-10-16-11-13-7-3-6-12-5-1-2-8-14(12)13/h1-9,16H,10-11H2. The van der Waals surface area contributed by atoms with Crippen molar-refractivity contribution < 1.29 is 0 Å². The summed E-state index contributed by atoms with van der Waals surface area (Å²) in [5.41, 5.74) is 2.86. The van der Waals surface area contributed by atoms with E-state index in [2.05, 4.69) is 47.8 Å². The molecule has 1 nitrogen and oxygen atoms in total. The molecule has 1 N–H and O–H groups in total. The average molecular weight is 232 g/mol. The normalized spacial score (nSPS) is 11.3. The maximum atomic E-state index is 5.46. The van der Waals surface area contributed by atoms with Crippen LogP contribution in [-0.2, 0) is 6.54 Å². The molecule has 0 saturated carbocycles. The van der Waals surface area contributed by atoms with Gasteiger partial charge >= 0.3 is 0 Å². The second-order valence-electron chi connectivity index (χ2n) is 3.63. The van der Waals surface area contributed by atoms with Crippen LogP contribution in [0.2, 0.25) is 0 Å². The lowest BCUT2D eigenvalue weighted by Crippen LogP contribution is -2.12. The monoisotopic (exact) mass is 231 g/mol. The van der Waals surface area contributed by atoms with E-state index in [-0.39, 0.29) is 0 Å². The molecule has 2 aromatic rings. The maximum absolute atomic E-state index is 5.46. The van der Waals surface area contributed by atoms with E-state index in [0.29, 0.717) is 0 Å². The molecule has 0 heterocycles. The lowest BCUT2D eigenvalue weighted by atomic mass is 10.0. The predicted octanol–water partition coefficient (Wildman–Crippen LogP) is 3.68. The summed E-state index contributed by atoms with van der Waals surface area (Å²) >= 11 is 5.46. The Hall–Kier alpha value is -1.31. The fourth-order valence-electron chi connectivity index (χ4n) is 1.78. The van der Waals surface area contributed by atoms with Crippen LogP contribution in [0.4, 0.5) is 0 Å². The number of hydrogen-bond acceptors (Lipinski definition) is 1. The van der Waals surface area contributed by atoms with Gasteiger partial charge in [0.1, 0.15) is 0 Å². The minimum absolute atomic E-state index is 0.798. The van der Waals surface area contributed by atoms with E-state index < -0.39 is 0 Å². The quantitative estimate of drug-likeness (QED) is 0.792. The lowest BCUT2D eigenvalue weighted by Gasteiger charge is -2.06. The van der Waals surface area contributed by atoms with Crippen LogP contribution in [0.3, 0.4) is 0 Å². The van der Waals surface area contributed by atoms with Crippen molar-refractivity contribution in [3.63, 3.8) is 0 Å². The minimum atomic E-state index is 0.798. The highest BCUT2D eigenvalue weighted by atomic mass is 35.5. The van der Waals surface area contributed by atoms with Gasteiger partial charge in [0, 0.05) is 18.6 Å². The van der Waals surface area contributed by atoms with Crippen molar-refractivity contribution in [1.82, 2.24) is 5.32 Å². The fraction of sp³-hybridized carbons (Fsp3) is 0.143. The van der Waals surface area contributed by atoms with Gasteiger partial charge in [-0.15, -0.1) is 0 Å². The zero-order valence-corrected chi connectivity index (χ0v) is 9.74. The third-order valence-electron chi connectivity index (χ3n) is 2.55. The highest BCUT2D eigenvalue weighted by Gasteiger charge is 1.98. The minimum Gasteiger partial charge on any atom is -0.309 e. The molecule has 2 rings (SSSR count). The highest BCUT2D eigenvalue weighted by Crippen LogP contribution is 2.17. The van der Waals surface area contributed by atoms with E-state index in [9.17, 15) is 0 Å². The van der Waals surface area contributed by atoms with Crippen LogP contribution in [0, 0.1) is 0 Å². The smallest absolute Gasteiger partial charge is 0.0214 e. The number of benzene rings is 2. The Labute approximate surface area is 101 Å². The summed E-state index contributed by atoms with van der Waals surface area (Å²) in [5, 5.41) is 5.92. The molecular weight excluding hydrogens is 218 g/mol. The summed E-state index contributed by atoms with van der Waals surface area (Å²) in [4.78, 5) is 0. The van der Waals surface area contributed by atoms with Gasteiger partial charge in [0.25, 0.3) is 0 Å². The molecule has 0 aromatic heterocycles. The molecule has 0 aliphatic heterocycles. The Morgan fingerprint density at radius 3 is 2.75 bits per heavy atom. The molecule has 2 aromatic carbocycles. The van der Waals surface area contributed by atoms with E-state index in [4.69, 9.17) is 11.6 Å². The molecule has 0 unspecified atom stereocenters. The second-order valence-corrected chi connectivity index (χ2v) is 3.88. The van der Waals surface area contributed by atoms with Crippen molar-refractivity contribution in [2.24, 2.45) is 0 Å². The molecule has 82 valence electrons. The molecule has 0 spiro atoms. The first-order valence-electron chi connectivity index (χ1n) is 5.34. The molecule has 0 saturated heterocycles. The zero-order chi connectivity index (χ0) is 11.2. The van der Waals surface area contributed by atoms with Gasteiger partial charge in [-0.1, -0.05) is 60.1 Å².